The van der Waals surface area contributed by atoms with Gasteiger partial charge in [0.2, 0.25) is 11.9 Å². The summed E-state index contributed by atoms with van der Waals surface area (Å²) in [5.41, 5.74) is 5.81. The van der Waals surface area contributed by atoms with E-state index in [0.29, 0.717) is 25.5 Å². The first-order valence-corrected chi connectivity index (χ1v) is 13.9. The van der Waals surface area contributed by atoms with Gasteiger partial charge in [0.1, 0.15) is 0 Å². The van der Waals surface area contributed by atoms with Crippen molar-refractivity contribution in [1.82, 2.24) is 24.6 Å². The van der Waals surface area contributed by atoms with Crippen LogP contribution in [0.5, 0.6) is 0 Å². The first kappa shape index (κ1) is 29.6. The highest BCUT2D eigenvalue weighted by atomic mass is 16.5. The monoisotopic (exact) mass is 554 g/mol. The zero-order valence-corrected chi connectivity index (χ0v) is 24.4. The van der Waals surface area contributed by atoms with E-state index in [0.717, 1.165) is 34.5 Å². The molecule has 0 bridgehead atoms. The van der Waals surface area contributed by atoms with Crippen LogP contribution in [0.4, 0.5) is 11.6 Å². The summed E-state index contributed by atoms with van der Waals surface area (Å²) in [5.74, 6) is 0.840. The molecule has 1 aliphatic rings. The molecule has 214 valence electrons. The van der Waals surface area contributed by atoms with E-state index in [1.54, 1.807) is 24.0 Å². The lowest BCUT2D eigenvalue weighted by Crippen LogP contribution is -2.55. The number of carbonyl (C=O) groups is 2. The fourth-order valence-electron chi connectivity index (χ4n) is 4.52. The second kappa shape index (κ2) is 13.8. The Bertz CT molecular complexity index is 1460. The van der Waals surface area contributed by atoms with Crippen molar-refractivity contribution in [3.05, 3.63) is 89.9 Å². The number of nitrogens with one attached hydrogen (secondary N) is 1. The normalized spacial score (nSPS) is 12.9. The molecule has 1 fully saturated rings. The van der Waals surface area contributed by atoms with Gasteiger partial charge in [0.25, 0.3) is 0 Å². The maximum Gasteiger partial charge on any atom is 0.227 e. The molecule has 9 nitrogen and oxygen atoms in total. The number of hydrogen-bond acceptors (Lipinski definition) is 7. The summed E-state index contributed by atoms with van der Waals surface area (Å²) in [6, 6.07) is 17.4. The van der Waals surface area contributed by atoms with E-state index >= 15 is 0 Å². The molecule has 1 aliphatic heterocycles. The number of Topliss-reactive ketones (excluding diaryl/α,β-unsaturated/α-hetero) is 1. The second-order valence-corrected chi connectivity index (χ2v) is 10.5. The number of anilines is 2. The fraction of sp³-hybridized carbons (Fsp3) is 0.344. The number of nitrogens with zero attached hydrogens (tertiary/aromatic N) is 5. The molecule has 5 rings (SSSR count). The molecule has 0 radical (unpaired) electrons. The minimum absolute atomic E-state index is 0.121. The molecule has 3 heterocycles. The average Bonchev–Trinajstić information content (AvgIpc) is 3.34. The molecule has 4 aromatic rings. The van der Waals surface area contributed by atoms with Gasteiger partial charge in [0.05, 0.1) is 29.8 Å². The maximum atomic E-state index is 12.5. The predicted molar refractivity (Wildman–Crippen MR) is 160 cm³/mol. The van der Waals surface area contributed by atoms with Crippen LogP contribution in [0.1, 0.15) is 48.7 Å². The van der Waals surface area contributed by atoms with Crippen LogP contribution in [-0.2, 0) is 23.0 Å². The van der Waals surface area contributed by atoms with Crippen molar-refractivity contribution in [1.29, 1.82) is 0 Å². The number of aromatic nitrogens is 4. The number of amides is 1. The largest absolute Gasteiger partial charge is 0.372 e. The quantitative estimate of drug-likeness (QED) is 0.277. The molecule has 41 heavy (non-hydrogen) atoms. The lowest BCUT2D eigenvalue weighted by Gasteiger charge is -2.40. The summed E-state index contributed by atoms with van der Waals surface area (Å²) >= 11 is 0. The van der Waals surface area contributed by atoms with Gasteiger partial charge in [-0.15, -0.1) is 0 Å². The fourth-order valence-corrected chi connectivity index (χ4v) is 4.52. The van der Waals surface area contributed by atoms with E-state index in [9.17, 15) is 9.59 Å². The first-order valence-electron chi connectivity index (χ1n) is 13.9. The van der Waals surface area contributed by atoms with Crippen LogP contribution >= 0.6 is 0 Å². The Morgan fingerprint density at radius 3 is 2.46 bits per heavy atom. The van der Waals surface area contributed by atoms with Crippen molar-refractivity contribution < 1.29 is 14.3 Å². The summed E-state index contributed by atoms with van der Waals surface area (Å²) in [5, 5.41) is 7.32. The molecular weight excluding hydrogens is 516 g/mol. The van der Waals surface area contributed by atoms with Gasteiger partial charge in [0, 0.05) is 50.1 Å². The molecule has 9 heteroatoms. The van der Waals surface area contributed by atoms with Gasteiger partial charge in [-0.2, -0.15) is 5.10 Å². The SMILES string of the molecule is CC(=O)c1ccccc1.Cc1cc(-c2ccnc(Nc3cnn(C)c3)n2)ccc1CCC(=O)N1CC(OC(C)C)C1. The van der Waals surface area contributed by atoms with E-state index in [4.69, 9.17) is 4.74 Å². The highest BCUT2D eigenvalue weighted by Gasteiger charge is 2.31. The highest BCUT2D eigenvalue weighted by Crippen LogP contribution is 2.24. The number of ketones is 1. The van der Waals surface area contributed by atoms with Gasteiger partial charge in [-0.3, -0.25) is 14.3 Å². The third-order valence-electron chi connectivity index (χ3n) is 6.71. The topological polar surface area (TPSA) is 102 Å². The van der Waals surface area contributed by atoms with Gasteiger partial charge in [0.15, 0.2) is 5.78 Å². The Morgan fingerprint density at radius 1 is 1.10 bits per heavy atom. The summed E-state index contributed by atoms with van der Waals surface area (Å²) in [6.07, 6.45) is 6.98. The van der Waals surface area contributed by atoms with Gasteiger partial charge in [-0.1, -0.05) is 42.5 Å². The van der Waals surface area contributed by atoms with E-state index < -0.39 is 0 Å². The number of carbonyl (C=O) groups excluding carboxylic acids is 2. The van der Waals surface area contributed by atoms with Crippen molar-refractivity contribution in [2.75, 3.05) is 18.4 Å². The van der Waals surface area contributed by atoms with Crippen molar-refractivity contribution in [3.63, 3.8) is 0 Å². The number of rotatable bonds is 9. The third-order valence-corrected chi connectivity index (χ3v) is 6.71. The molecule has 0 atom stereocenters. The van der Waals surface area contributed by atoms with E-state index in [2.05, 4.69) is 45.5 Å². The summed E-state index contributed by atoms with van der Waals surface area (Å²) in [4.78, 5) is 33.9. The lowest BCUT2D eigenvalue weighted by molar-refractivity contribution is -0.148. The average molecular weight is 555 g/mol. The summed E-state index contributed by atoms with van der Waals surface area (Å²) in [6.45, 7) is 9.11. The zero-order chi connectivity index (χ0) is 29.4. The Morgan fingerprint density at radius 2 is 1.85 bits per heavy atom. The van der Waals surface area contributed by atoms with Crippen molar-refractivity contribution in [2.24, 2.45) is 7.05 Å². The van der Waals surface area contributed by atoms with Gasteiger partial charge >= 0.3 is 0 Å². The molecule has 0 saturated carbocycles. The summed E-state index contributed by atoms with van der Waals surface area (Å²) in [7, 11) is 1.86. The molecule has 0 spiro atoms. The van der Waals surface area contributed by atoms with E-state index in [1.807, 2.05) is 68.4 Å². The Kier molecular flexibility index (Phi) is 9.97. The molecule has 2 aromatic carbocycles. The predicted octanol–water partition coefficient (Wildman–Crippen LogP) is 5.39. The molecule has 0 aliphatic carbocycles. The highest BCUT2D eigenvalue weighted by molar-refractivity contribution is 5.93. The van der Waals surface area contributed by atoms with Crippen molar-refractivity contribution in [2.45, 2.75) is 52.7 Å². The number of likely N-dealkylation sites (tertiary alicyclic amines) is 1. The summed E-state index contributed by atoms with van der Waals surface area (Å²) < 4.78 is 7.45. The minimum Gasteiger partial charge on any atom is -0.372 e. The van der Waals surface area contributed by atoms with Gasteiger partial charge in [-0.05, 0) is 57.4 Å². The van der Waals surface area contributed by atoms with Crippen LogP contribution in [0.3, 0.4) is 0 Å². The molecule has 1 amide bonds. The Hall–Kier alpha value is -4.37. The van der Waals surface area contributed by atoms with E-state index in [1.165, 1.54) is 5.56 Å². The maximum absolute atomic E-state index is 12.5. The lowest BCUT2D eigenvalue weighted by atomic mass is 9.99. The molecule has 1 saturated heterocycles. The smallest absolute Gasteiger partial charge is 0.227 e. The molecular formula is C32H38N6O3. The van der Waals surface area contributed by atoms with Crippen LogP contribution in [-0.4, -0.2) is 61.6 Å². The third kappa shape index (κ3) is 8.56. The Balaban J connectivity index is 0.000000367. The number of aryl methyl sites for hydroxylation is 3. The van der Waals surface area contributed by atoms with Crippen LogP contribution in [0.25, 0.3) is 11.3 Å². The number of benzene rings is 2. The van der Waals surface area contributed by atoms with Gasteiger partial charge < -0.3 is 15.0 Å². The van der Waals surface area contributed by atoms with Crippen molar-refractivity contribution in [3.8, 4) is 11.3 Å². The molecule has 2 aromatic heterocycles. The number of hydrogen-bond donors (Lipinski definition) is 1. The number of ether oxygens (including phenoxy) is 1. The molecule has 1 N–H and O–H groups in total. The second-order valence-electron chi connectivity index (χ2n) is 10.5. The Labute approximate surface area is 241 Å². The zero-order valence-electron chi connectivity index (χ0n) is 24.4. The standard InChI is InChI=1S/C24H30N6O2.C8H8O/c1-16(2)32-21-14-30(15-21)23(31)8-7-18-5-6-19(11-17(18)3)22-9-10-25-24(28-22)27-20-12-26-29(4)13-20;1-7(9)8-5-3-2-4-6-8/h5-6,9-13,16,21H,7-8,14-15H2,1-4H3,(H,25,27,28);2-6H,1H3. The van der Waals surface area contributed by atoms with Crippen LogP contribution < -0.4 is 5.32 Å². The van der Waals surface area contributed by atoms with Crippen LogP contribution in [0, 0.1) is 6.92 Å². The van der Waals surface area contributed by atoms with Gasteiger partial charge in [-0.25, -0.2) is 9.97 Å². The van der Waals surface area contributed by atoms with Crippen molar-refractivity contribution >= 4 is 23.3 Å². The first-order chi connectivity index (χ1) is 19.7. The van der Waals surface area contributed by atoms with E-state index in [-0.39, 0.29) is 23.9 Å². The minimum atomic E-state index is 0.121. The molecule has 0 unspecified atom stereocenters. The van der Waals surface area contributed by atoms with Crippen LogP contribution in [0.15, 0.2) is 73.2 Å². The van der Waals surface area contributed by atoms with Crippen LogP contribution in [0.2, 0.25) is 0 Å².